The van der Waals surface area contributed by atoms with Crippen molar-refractivity contribution < 1.29 is 17.9 Å². The van der Waals surface area contributed by atoms with Gasteiger partial charge in [-0.3, -0.25) is 4.98 Å². The molecule has 0 atom stereocenters. The van der Waals surface area contributed by atoms with Gasteiger partial charge < -0.3 is 10.1 Å². The van der Waals surface area contributed by atoms with Crippen LogP contribution in [0.15, 0.2) is 54.9 Å². The van der Waals surface area contributed by atoms with Crippen LogP contribution in [0, 0.1) is 0 Å². The van der Waals surface area contributed by atoms with Crippen molar-refractivity contribution in [2.24, 2.45) is 0 Å². The first-order chi connectivity index (χ1) is 13.0. The molecule has 0 amide bonds. The summed E-state index contributed by atoms with van der Waals surface area (Å²) in [5.74, 6) is 0.897. The van der Waals surface area contributed by atoms with Gasteiger partial charge in [-0.2, -0.15) is 13.2 Å². The molecule has 3 rings (SSSR count). The molecule has 0 bridgehead atoms. The van der Waals surface area contributed by atoms with Crippen molar-refractivity contribution in [2.45, 2.75) is 6.18 Å². The van der Waals surface area contributed by atoms with E-state index in [0.717, 1.165) is 12.1 Å². The number of methoxy groups -OCH3 is 1. The van der Waals surface area contributed by atoms with Gasteiger partial charge in [-0.05, 0) is 24.3 Å². The van der Waals surface area contributed by atoms with Crippen LogP contribution in [0.2, 0.25) is 0 Å². The Balaban J connectivity index is 2.05. The fourth-order valence-electron chi connectivity index (χ4n) is 2.45. The van der Waals surface area contributed by atoms with Gasteiger partial charge in [0.05, 0.1) is 17.9 Å². The predicted molar refractivity (Wildman–Crippen MR) is 96.1 cm³/mol. The molecule has 0 aliphatic heterocycles. The van der Waals surface area contributed by atoms with Gasteiger partial charge in [0.15, 0.2) is 5.82 Å². The average molecular weight is 374 g/mol. The van der Waals surface area contributed by atoms with Crippen LogP contribution in [0.3, 0.4) is 0 Å². The molecule has 27 heavy (non-hydrogen) atoms. The molecular formula is C19H17F3N4O. The van der Waals surface area contributed by atoms with Crippen LogP contribution in [0.25, 0.3) is 22.6 Å². The van der Waals surface area contributed by atoms with Crippen LogP contribution < -0.4 is 5.32 Å². The van der Waals surface area contributed by atoms with Crippen molar-refractivity contribution in [3.8, 4) is 22.6 Å². The van der Waals surface area contributed by atoms with Crippen LogP contribution >= 0.6 is 0 Å². The van der Waals surface area contributed by atoms with E-state index in [4.69, 9.17) is 4.74 Å². The van der Waals surface area contributed by atoms with Crippen molar-refractivity contribution in [3.05, 3.63) is 60.4 Å². The molecule has 2 heterocycles. The smallest absolute Gasteiger partial charge is 0.383 e. The third-order valence-electron chi connectivity index (χ3n) is 3.76. The molecule has 0 aliphatic carbocycles. The number of nitrogens with one attached hydrogen (secondary N) is 1. The van der Waals surface area contributed by atoms with E-state index in [1.807, 2.05) is 0 Å². The van der Waals surface area contributed by atoms with Crippen molar-refractivity contribution in [2.75, 3.05) is 25.6 Å². The van der Waals surface area contributed by atoms with Crippen LogP contribution in [0.4, 0.5) is 19.0 Å². The molecular weight excluding hydrogens is 357 g/mol. The van der Waals surface area contributed by atoms with Crippen molar-refractivity contribution >= 4 is 5.82 Å². The Morgan fingerprint density at radius 1 is 1.00 bits per heavy atom. The average Bonchev–Trinajstić information content (AvgIpc) is 2.68. The number of ether oxygens (including phenoxy) is 1. The molecule has 2 aromatic heterocycles. The molecule has 0 radical (unpaired) electrons. The lowest BCUT2D eigenvalue weighted by Crippen LogP contribution is -2.10. The maximum atomic E-state index is 13.0. The topological polar surface area (TPSA) is 59.9 Å². The van der Waals surface area contributed by atoms with E-state index >= 15 is 0 Å². The highest BCUT2D eigenvalue weighted by Gasteiger charge is 2.30. The molecule has 3 aromatic rings. The number of alkyl halides is 3. The summed E-state index contributed by atoms with van der Waals surface area (Å²) >= 11 is 0. The zero-order chi connectivity index (χ0) is 19.3. The Labute approximate surface area is 154 Å². The summed E-state index contributed by atoms with van der Waals surface area (Å²) in [6, 6.07) is 10.2. The molecule has 8 heteroatoms. The Bertz CT molecular complexity index is 901. The third-order valence-corrected chi connectivity index (χ3v) is 3.76. The Kier molecular flexibility index (Phi) is 5.66. The standard InChI is InChI=1S/C19H17F3N4O/c1-27-10-9-24-17-12-16(14-3-2-4-15(11-14)19(20,21)22)25-18(26-17)13-5-7-23-8-6-13/h2-8,11-12H,9-10H2,1H3,(H,24,25,26). The molecule has 5 nitrogen and oxygen atoms in total. The normalized spacial score (nSPS) is 11.4. The number of hydrogen-bond donors (Lipinski definition) is 1. The van der Waals surface area contributed by atoms with E-state index in [9.17, 15) is 13.2 Å². The van der Waals surface area contributed by atoms with Gasteiger partial charge in [0, 0.05) is 43.2 Å². The first kappa shape index (κ1) is 18.8. The van der Waals surface area contributed by atoms with E-state index < -0.39 is 11.7 Å². The summed E-state index contributed by atoms with van der Waals surface area (Å²) in [6.07, 6.45) is -1.21. The van der Waals surface area contributed by atoms with Gasteiger partial charge in [-0.1, -0.05) is 12.1 Å². The summed E-state index contributed by atoms with van der Waals surface area (Å²) in [5, 5.41) is 3.10. The lowest BCUT2D eigenvalue weighted by molar-refractivity contribution is -0.137. The minimum Gasteiger partial charge on any atom is -0.383 e. The number of hydrogen-bond acceptors (Lipinski definition) is 5. The molecule has 0 saturated heterocycles. The predicted octanol–water partition coefficient (Wildman–Crippen LogP) is 4.28. The number of rotatable bonds is 6. The summed E-state index contributed by atoms with van der Waals surface area (Å²) < 4.78 is 44.1. The summed E-state index contributed by atoms with van der Waals surface area (Å²) in [6.45, 7) is 0.971. The SMILES string of the molecule is COCCNc1cc(-c2cccc(C(F)(F)F)c2)nc(-c2ccncc2)n1. The van der Waals surface area contributed by atoms with Gasteiger partial charge in [0.25, 0.3) is 0 Å². The summed E-state index contributed by atoms with van der Waals surface area (Å²) in [7, 11) is 1.58. The number of nitrogens with zero attached hydrogens (tertiary/aromatic N) is 3. The van der Waals surface area contributed by atoms with Crippen molar-refractivity contribution in [3.63, 3.8) is 0 Å². The third kappa shape index (κ3) is 4.79. The minimum absolute atomic E-state index is 0.359. The van der Waals surface area contributed by atoms with Gasteiger partial charge in [0.2, 0.25) is 0 Å². The first-order valence-corrected chi connectivity index (χ1v) is 8.17. The van der Waals surface area contributed by atoms with E-state index in [0.29, 0.717) is 41.6 Å². The molecule has 0 fully saturated rings. The van der Waals surface area contributed by atoms with E-state index in [-0.39, 0.29) is 0 Å². The molecule has 140 valence electrons. The van der Waals surface area contributed by atoms with Crippen molar-refractivity contribution in [1.29, 1.82) is 0 Å². The maximum absolute atomic E-state index is 13.0. The molecule has 0 unspecified atom stereocenters. The molecule has 0 aliphatic rings. The lowest BCUT2D eigenvalue weighted by Gasteiger charge is -2.12. The summed E-state index contributed by atoms with van der Waals surface area (Å²) in [5.41, 5.74) is 0.742. The second-order valence-corrected chi connectivity index (χ2v) is 5.70. The van der Waals surface area contributed by atoms with E-state index in [1.165, 1.54) is 6.07 Å². The molecule has 1 aromatic carbocycles. The fraction of sp³-hybridized carbons (Fsp3) is 0.211. The van der Waals surface area contributed by atoms with Gasteiger partial charge >= 0.3 is 6.18 Å². The highest BCUT2D eigenvalue weighted by Crippen LogP contribution is 2.32. The number of anilines is 1. The van der Waals surface area contributed by atoms with Gasteiger partial charge in [-0.25, -0.2) is 9.97 Å². The second kappa shape index (κ2) is 8.13. The largest absolute Gasteiger partial charge is 0.416 e. The second-order valence-electron chi connectivity index (χ2n) is 5.70. The zero-order valence-corrected chi connectivity index (χ0v) is 14.5. The Morgan fingerprint density at radius 2 is 1.78 bits per heavy atom. The van der Waals surface area contributed by atoms with Crippen LogP contribution in [-0.4, -0.2) is 35.2 Å². The quantitative estimate of drug-likeness (QED) is 0.653. The number of halogens is 3. The Hall–Kier alpha value is -3.00. The van der Waals surface area contributed by atoms with Crippen LogP contribution in [-0.2, 0) is 10.9 Å². The van der Waals surface area contributed by atoms with E-state index in [1.54, 1.807) is 43.8 Å². The molecule has 0 spiro atoms. The van der Waals surface area contributed by atoms with Gasteiger partial charge in [0.1, 0.15) is 5.82 Å². The number of pyridine rings is 1. The summed E-state index contributed by atoms with van der Waals surface area (Å²) in [4.78, 5) is 12.9. The van der Waals surface area contributed by atoms with Gasteiger partial charge in [-0.15, -0.1) is 0 Å². The zero-order valence-electron chi connectivity index (χ0n) is 14.5. The maximum Gasteiger partial charge on any atom is 0.416 e. The molecule has 1 N–H and O–H groups in total. The molecule has 0 saturated carbocycles. The van der Waals surface area contributed by atoms with Crippen LogP contribution in [0.1, 0.15) is 5.56 Å². The highest BCUT2D eigenvalue weighted by molar-refractivity contribution is 5.68. The fourth-order valence-corrected chi connectivity index (χ4v) is 2.45. The van der Waals surface area contributed by atoms with Crippen LogP contribution in [0.5, 0.6) is 0 Å². The number of aromatic nitrogens is 3. The van der Waals surface area contributed by atoms with E-state index in [2.05, 4.69) is 20.3 Å². The monoisotopic (exact) mass is 374 g/mol. The van der Waals surface area contributed by atoms with Crippen molar-refractivity contribution in [1.82, 2.24) is 15.0 Å². The highest BCUT2D eigenvalue weighted by atomic mass is 19.4. The number of benzene rings is 1. The lowest BCUT2D eigenvalue weighted by atomic mass is 10.1. The first-order valence-electron chi connectivity index (χ1n) is 8.17. The Morgan fingerprint density at radius 3 is 2.48 bits per heavy atom. The minimum atomic E-state index is -4.42.